The Bertz CT molecular complexity index is 155. The Kier molecular flexibility index (Phi) is 2.97. The second kappa shape index (κ2) is 3.63. The summed E-state index contributed by atoms with van der Waals surface area (Å²) < 4.78 is 17.1. The summed E-state index contributed by atoms with van der Waals surface area (Å²) >= 11 is 0. The summed E-state index contributed by atoms with van der Waals surface area (Å²) in [5.74, 6) is 0. The van der Waals surface area contributed by atoms with Crippen molar-refractivity contribution in [3.05, 3.63) is 0 Å². The molecule has 0 aromatic carbocycles. The molecule has 0 aromatic heterocycles. The minimum absolute atomic E-state index is 0.818. The van der Waals surface area contributed by atoms with Gasteiger partial charge in [0.05, 0.1) is 6.61 Å². The number of rotatable bonds is 2. The Hall–Kier alpha value is -0.270. The highest BCUT2D eigenvalue weighted by Crippen LogP contribution is 2.23. The monoisotopic (exact) mass is 182 g/mol. The number of aliphatic hydroxyl groups is 4. The van der Waals surface area contributed by atoms with Gasteiger partial charge in [-0.15, -0.1) is 0 Å². The van der Waals surface area contributed by atoms with Crippen molar-refractivity contribution in [2.24, 2.45) is 0 Å². The number of ether oxygens (including phenoxy) is 1. The lowest BCUT2D eigenvalue weighted by Crippen LogP contribution is -2.38. The fourth-order valence-electron chi connectivity index (χ4n) is 1.09. The van der Waals surface area contributed by atoms with Gasteiger partial charge in [-0.2, -0.15) is 0 Å². The van der Waals surface area contributed by atoms with E-state index in [0.717, 1.165) is 0 Å². The lowest BCUT2D eigenvalue weighted by molar-refractivity contribution is -0.140. The molecule has 6 heteroatoms. The van der Waals surface area contributed by atoms with Gasteiger partial charge in [-0.05, 0) is 0 Å². The zero-order valence-electron chi connectivity index (χ0n) is 6.17. The highest BCUT2D eigenvalue weighted by molar-refractivity contribution is 4.89. The van der Waals surface area contributed by atoms with Crippen molar-refractivity contribution in [2.45, 2.75) is 30.8 Å². The maximum Gasteiger partial charge on any atom is 0.184 e. The first kappa shape index (κ1) is 9.82. The Labute approximate surface area is 68.0 Å². The van der Waals surface area contributed by atoms with Crippen LogP contribution in [0.25, 0.3) is 0 Å². The van der Waals surface area contributed by atoms with Crippen LogP contribution in [0, 0.1) is 0 Å². The molecular formula is C6H11FO5. The summed E-state index contributed by atoms with van der Waals surface area (Å²) in [7, 11) is 0. The van der Waals surface area contributed by atoms with Crippen molar-refractivity contribution in [1.29, 1.82) is 0 Å². The maximum atomic E-state index is 12.7. The predicted octanol–water partition coefficient (Wildman–Crippen LogP) is -2.24. The molecule has 1 aliphatic heterocycles. The molecule has 0 saturated carbocycles. The molecule has 0 radical (unpaired) electrons. The van der Waals surface area contributed by atoms with E-state index in [0.29, 0.717) is 0 Å². The van der Waals surface area contributed by atoms with Gasteiger partial charge in [-0.1, -0.05) is 0 Å². The van der Waals surface area contributed by atoms with Gasteiger partial charge in [0.25, 0.3) is 0 Å². The van der Waals surface area contributed by atoms with Gasteiger partial charge in [0.1, 0.15) is 18.3 Å². The van der Waals surface area contributed by atoms with Crippen molar-refractivity contribution < 1.29 is 29.6 Å². The number of hydrogen-bond acceptors (Lipinski definition) is 5. The molecule has 1 fully saturated rings. The normalized spacial score (nSPS) is 44.8. The smallest absolute Gasteiger partial charge is 0.184 e. The van der Waals surface area contributed by atoms with E-state index in [1.165, 1.54) is 0 Å². The number of hydrogen-bond donors (Lipinski definition) is 4. The molecule has 1 saturated heterocycles. The van der Waals surface area contributed by atoms with Crippen LogP contribution in [0.15, 0.2) is 0 Å². The predicted molar refractivity (Wildman–Crippen MR) is 34.9 cm³/mol. The van der Waals surface area contributed by atoms with Crippen molar-refractivity contribution in [3.63, 3.8) is 0 Å². The lowest BCUT2D eigenvalue weighted by atomic mass is 10.1. The van der Waals surface area contributed by atoms with Crippen molar-refractivity contribution in [1.82, 2.24) is 0 Å². The number of alkyl halides is 1. The average Bonchev–Trinajstić information content (AvgIpc) is 2.32. The first-order valence-corrected chi connectivity index (χ1v) is 3.52. The third-order valence-electron chi connectivity index (χ3n) is 1.81. The molecule has 0 spiro atoms. The summed E-state index contributed by atoms with van der Waals surface area (Å²) in [6.07, 6.45) is -7.76. The lowest BCUT2D eigenvalue weighted by Gasteiger charge is -2.16. The van der Waals surface area contributed by atoms with Crippen LogP contribution in [0.2, 0.25) is 0 Å². The summed E-state index contributed by atoms with van der Waals surface area (Å²) in [6.45, 7) is -0.818. The first-order valence-electron chi connectivity index (χ1n) is 3.52. The van der Waals surface area contributed by atoms with Gasteiger partial charge in [0.2, 0.25) is 0 Å². The van der Waals surface area contributed by atoms with E-state index in [4.69, 9.17) is 20.4 Å². The third-order valence-corrected chi connectivity index (χ3v) is 1.81. The zero-order chi connectivity index (χ0) is 9.30. The van der Waals surface area contributed by atoms with Gasteiger partial charge in [0, 0.05) is 0 Å². The quantitative estimate of drug-likeness (QED) is 0.387. The van der Waals surface area contributed by atoms with Crippen molar-refractivity contribution in [2.75, 3.05) is 6.61 Å². The largest absolute Gasteiger partial charge is 0.393 e. The van der Waals surface area contributed by atoms with Crippen LogP contribution >= 0.6 is 0 Å². The van der Waals surface area contributed by atoms with E-state index in [1.807, 2.05) is 0 Å². The van der Waals surface area contributed by atoms with Crippen LogP contribution in [0.4, 0.5) is 4.39 Å². The third kappa shape index (κ3) is 1.57. The highest BCUT2D eigenvalue weighted by atomic mass is 19.1. The molecule has 1 heterocycles. The minimum atomic E-state index is -1.80. The van der Waals surface area contributed by atoms with E-state index in [1.54, 1.807) is 0 Å². The van der Waals surface area contributed by atoms with E-state index in [9.17, 15) is 4.39 Å². The van der Waals surface area contributed by atoms with Gasteiger partial charge >= 0.3 is 0 Å². The van der Waals surface area contributed by atoms with Gasteiger partial charge in [-0.25, -0.2) is 4.39 Å². The molecular weight excluding hydrogens is 171 g/mol. The van der Waals surface area contributed by atoms with E-state index in [-0.39, 0.29) is 0 Å². The molecule has 0 aliphatic carbocycles. The standard InChI is InChI=1S/C6H11FO5/c7-2(1-8)5-3(9)4(10)6(11)12-5/h2-6,8-11H,1H2/t2-,3-,4-,5+,6-/m1/s1. The van der Waals surface area contributed by atoms with E-state index >= 15 is 0 Å². The van der Waals surface area contributed by atoms with Crippen molar-refractivity contribution in [3.8, 4) is 0 Å². The Morgan fingerprint density at radius 3 is 2.17 bits per heavy atom. The van der Waals surface area contributed by atoms with Gasteiger partial charge in [0.15, 0.2) is 12.5 Å². The fourth-order valence-corrected chi connectivity index (χ4v) is 1.09. The molecule has 4 N–H and O–H groups in total. The van der Waals surface area contributed by atoms with Crippen LogP contribution in [0.3, 0.4) is 0 Å². The second-order valence-electron chi connectivity index (χ2n) is 2.67. The highest BCUT2D eigenvalue weighted by Gasteiger charge is 2.45. The van der Waals surface area contributed by atoms with Gasteiger partial charge < -0.3 is 25.2 Å². The average molecular weight is 182 g/mol. The molecule has 0 bridgehead atoms. The molecule has 1 aliphatic rings. The Morgan fingerprint density at radius 2 is 1.83 bits per heavy atom. The topological polar surface area (TPSA) is 90.2 Å². The molecule has 12 heavy (non-hydrogen) atoms. The Morgan fingerprint density at radius 1 is 1.25 bits per heavy atom. The number of halogens is 1. The fraction of sp³-hybridized carbons (Fsp3) is 1.00. The van der Waals surface area contributed by atoms with Crippen LogP contribution in [-0.2, 0) is 4.74 Å². The summed E-state index contributed by atoms with van der Waals surface area (Å²) in [5.41, 5.74) is 0. The Balaban J connectivity index is 2.58. The molecule has 5 nitrogen and oxygen atoms in total. The minimum Gasteiger partial charge on any atom is -0.393 e. The van der Waals surface area contributed by atoms with E-state index in [2.05, 4.69) is 4.74 Å². The van der Waals surface area contributed by atoms with Gasteiger partial charge in [-0.3, -0.25) is 0 Å². The van der Waals surface area contributed by atoms with Crippen LogP contribution in [0.5, 0.6) is 0 Å². The number of aliphatic hydroxyl groups excluding tert-OH is 4. The zero-order valence-corrected chi connectivity index (χ0v) is 6.17. The van der Waals surface area contributed by atoms with Crippen LogP contribution in [-0.4, -0.2) is 57.8 Å². The van der Waals surface area contributed by atoms with Crippen LogP contribution in [0.1, 0.15) is 0 Å². The molecule has 0 aromatic rings. The molecule has 1 rings (SSSR count). The van der Waals surface area contributed by atoms with Crippen LogP contribution < -0.4 is 0 Å². The SMILES string of the molecule is OC[C@@H](F)[C@@H]1O[C@@H](O)[C@H](O)[C@H]1O. The summed E-state index contributed by atoms with van der Waals surface area (Å²) in [4.78, 5) is 0. The first-order chi connectivity index (χ1) is 5.57. The molecule has 0 amide bonds. The summed E-state index contributed by atoms with van der Waals surface area (Å²) in [5, 5.41) is 35.1. The molecule has 0 unspecified atom stereocenters. The summed E-state index contributed by atoms with van der Waals surface area (Å²) in [6, 6.07) is 0. The molecule has 72 valence electrons. The molecule has 5 atom stereocenters. The van der Waals surface area contributed by atoms with E-state index < -0.39 is 37.4 Å². The second-order valence-corrected chi connectivity index (χ2v) is 2.67. The maximum absolute atomic E-state index is 12.7. The van der Waals surface area contributed by atoms with Crippen molar-refractivity contribution >= 4 is 0 Å².